The Bertz CT molecular complexity index is 331. The van der Waals surface area contributed by atoms with Crippen LogP contribution in [-0.2, 0) is 23.8 Å². The molecule has 5 heteroatoms. The fraction of sp³-hybridized carbons (Fsp3) is 0.600. The Morgan fingerprint density at radius 2 is 2.33 bits per heavy atom. The minimum atomic E-state index is -0.661. The first-order chi connectivity index (χ1) is 7.18. The van der Waals surface area contributed by atoms with Crippen LogP contribution in [0.4, 0.5) is 0 Å². The summed E-state index contributed by atoms with van der Waals surface area (Å²) >= 11 is 0. The average Bonchev–Trinajstić information content (AvgIpc) is 2.22. The smallest absolute Gasteiger partial charge is 0.303 e. The third-order valence-electron chi connectivity index (χ3n) is 2.43. The number of rotatable bonds is 1. The molecular weight excluding hydrogens is 200 g/mol. The molecule has 0 spiro atoms. The zero-order chi connectivity index (χ0) is 10.8. The monoisotopic (exact) mass is 212 g/mol. The Morgan fingerprint density at radius 1 is 1.53 bits per heavy atom. The molecule has 0 bridgehead atoms. The molecule has 2 aliphatic rings. The summed E-state index contributed by atoms with van der Waals surface area (Å²) in [6, 6.07) is 0. The van der Waals surface area contributed by atoms with E-state index in [0.717, 1.165) is 0 Å². The second-order valence-electron chi connectivity index (χ2n) is 3.51. The van der Waals surface area contributed by atoms with E-state index in [1.54, 1.807) is 0 Å². The molecule has 82 valence electrons. The number of Topliss-reactive ketones (excluding diaryl/α,β-unsaturated/α-hetero) is 1. The molecule has 0 unspecified atom stereocenters. The molecule has 1 atom stereocenters. The highest BCUT2D eigenvalue weighted by Gasteiger charge is 2.34. The van der Waals surface area contributed by atoms with Gasteiger partial charge in [0.15, 0.2) is 12.9 Å². The van der Waals surface area contributed by atoms with Crippen molar-refractivity contribution < 1.29 is 23.8 Å². The van der Waals surface area contributed by atoms with E-state index in [4.69, 9.17) is 14.2 Å². The number of esters is 1. The molecule has 0 radical (unpaired) electrons. The van der Waals surface area contributed by atoms with Crippen LogP contribution in [0.5, 0.6) is 0 Å². The van der Waals surface area contributed by atoms with E-state index < -0.39 is 12.1 Å². The molecule has 0 N–H and O–H groups in total. The summed E-state index contributed by atoms with van der Waals surface area (Å²) in [6.45, 7) is 1.75. The van der Waals surface area contributed by atoms with Crippen LogP contribution < -0.4 is 0 Å². The summed E-state index contributed by atoms with van der Waals surface area (Å²) in [5.74, 6) is 0.0656. The third kappa shape index (κ3) is 2.02. The van der Waals surface area contributed by atoms with Crippen molar-refractivity contribution in [3.8, 4) is 0 Å². The lowest BCUT2D eigenvalue weighted by Gasteiger charge is -2.28. The van der Waals surface area contributed by atoms with Gasteiger partial charge in [-0.1, -0.05) is 0 Å². The number of ether oxygens (including phenoxy) is 3. The summed E-state index contributed by atoms with van der Waals surface area (Å²) in [5.41, 5.74) is 0.513. The van der Waals surface area contributed by atoms with E-state index in [0.29, 0.717) is 24.2 Å². The number of hydrogen-bond donors (Lipinski definition) is 0. The lowest BCUT2D eigenvalue weighted by atomic mass is 9.93. The highest BCUT2D eigenvalue weighted by atomic mass is 16.7. The Kier molecular flexibility index (Phi) is 2.73. The van der Waals surface area contributed by atoms with Crippen molar-refractivity contribution in [2.75, 3.05) is 13.4 Å². The lowest BCUT2D eigenvalue weighted by molar-refractivity contribution is -0.154. The Hall–Kier alpha value is -1.36. The highest BCUT2D eigenvalue weighted by Crippen LogP contribution is 2.27. The largest absolute Gasteiger partial charge is 0.471 e. The van der Waals surface area contributed by atoms with Gasteiger partial charge in [0.25, 0.3) is 0 Å². The molecule has 0 aromatic heterocycles. The van der Waals surface area contributed by atoms with Crippen LogP contribution in [0.2, 0.25) is 0 Å². The van der Waals surface area contributed by atoms with E-state index in [1.807, 2.05) is 0 Å². The maximum Gasteiger partial charge on any atom is 0.303 e. The predicted octanol–water partition coefficient (Wildman–Crippen LogP) is 0.539. The molecule has 1 aliphatic carbocycles. The van der Waals surface area contributed by atoms with Crippen molar-refractivity contribution in [1.82, 2.24) is 0 Å². The van der Waals surface area contributed by atoms with Gasteiger partial charge in [-0.2, -0.15) is 0 Å². The van der Waals surface area contributed by atoms with Crippen molar-refractivity contribution in [1.29, 1.82) is 0 Å². The summed E-state index contributed by atoms with van der Waals surface area (Å²) in [6.07, 6.45) is 0.464. The second-order valence-corrected chi connectivity index (χ2v) is 3.51. The van der Waals surface area contributed by atoms with Gasteiger partial charge in [-0.05, 0) is 6.42 Å². The molecule has 15 heavy (non-hydrogen) atoms. The van der Waals surface area contributed by atoms with E-state index in [-0.39, 0.29) is 19.2 Å². The van der Waals surface area contributed by atoms with Crippen LogP contribution in [0, 0.1) is 0 Å². The van der Waals surface area contributed by atoms with Crippen LogP contribution in [0.25, 0.3) is 0 Å². The van der Waals surface area contributed by atoms with E-state index >= 15 is 0 Å². The Morgan fingerprint density at radius 3 is 3.07 bits per heavy atom. The normalized spacial score (nSPS) is 25.7. The topological polar surface area (TPSA) is 61.8 Å². The molecular formula is C10H12O5. The van der Waals surface area contributed by atoms with Crippen LogP contribution in [-0.4, -0.2) is 31.3 Å². The predicted molar refractivity (Wildman–Crippen MR) is 48.7 cm³/mol. The van der Waals surface area contributed by atoms with Gasteiger partial charge in [-0.3, -0.25) is 9.59 Å². The average molecular weight is 212 g/mol. The quantitative estimate of drug-likeness (QED) is 0.593. The van der Waals surface area contributed by atoms with Gasteiger partial charge in [0, 0.05) is 13.3 Å². The summed E-state index contributed by atoms with van der Waals surface area (Å²) in [4.78, 5) is 22.6. The van der Waals surface area contributed by atoms with Gasteiger partial charge >= 0.3 is 5.97 Å². The van der Waals surface area contributed by atoms with Crippen LogP contribution in [0.3, 0.4) is 0 Å². The summed E-state index contributed by atoms with van der Waals surface area (Å²) in [5, 5.41) is 0. The van der Waals surface area contributed by atoms with Gasteiger partial charge in [0.1, 0.15) is 5.76 Å². The van der Waals surface area contributed by atoms with Crippen molar-refractivity contribution in [2.24, 2.45) is 0 Å². The number of ketones is 1. The molecule has 0 fully saturated rings. The first-order valence-electron chi connectivity index (χ1n) is 4.82. The summed E-state index contributed by atoms with van der Waals surface area (Å²) in [7, 11) is 0. The SMILES string of the molecule is CC(=O)O[C@H]1CCC2=C(COCO2)C1=O. The van der Waals surface area contributed by atoms with Gasteiger partial charge in [-0.25, -0.2) is 0 Å². The fourth-order valence-corrected chi connectivity index (χ4v) is 1.76. The highest BCUT2D eigenvalue weighted by molar-refractivity contribution is 6.01. The molecule has 5 nitrogen and oxygen atoms in total. The fourth-order valence-electron chi connectivity index (χ4n) is 1.76. The number of hydrogen-bond acceptors (Lipinski definition) is 5. The van der Waals surface area contributed by atoms with Crippen molar-refractivity contribution in [3.63, 3.8) is 0 Å². The number of carbonyl (C=O) groups is 2. The van der Waals surface area contributed by atoms with Gasteiger partial charge in [-0.15, -0.1) is 0 Å². The van der Waals surface area contributed by atoms with E-state index in [1.165, 1.54) is 6.92 Å². The molecule has 1 heterocycles. The molecule has 0 saturated carbocycles. The van der Waals surface area contributed by atoms with Gasteiger partial charge < -0.3 is 14.2 Å². The molecule has 2 rings (SSSR count). The maximum absolute atomic E-state index is 11.8. The summed E-state index contributed by atoms with van der Waals surface area (Å²) < 4.78 is 15.1. The van der Waals surface area contributed by atoms with E-state index in [9.17, 15) is 9.59 Å². The lowest BCUT2D eigenvalue weighted by Crippen LogP contribution is -2.35. The molecule has 0 amide bonds. The molecule has 0 saturated heterocycles. The zero-order valence-electron chi connectivity index (χ0n) is 8.45. The van der Waals surface area contributed by atoms with E-state index in [2.05, 4.69) is 0 Å². The first-order valence-corrected chi connectivity index (χ1v) is 4.82. The van der Waals surface area contributed by atoms with Crippen molar-refractivity contribution >= 4 is 11.8 Å². The van der Waals surface area contributed by atoms with Gasteiger partial charge in [0.2, 0.25) is 5.78 Å². The Balaban J connectivity index is 2.14. The standard InChI is InChI=1S/C10H12O5/c1-6(11)15-9-3-2-8-7(10(9)12)4-13-5-14-8/h9H,2-5H2,1H3/t9-/m0/s1. The Labute approximate surface area is 87.0 Å². The van der Waals surface area contributed by atoms with Gasteiger partial charge in [0.05, 0.1) is 12.2 Å². The minimum absolute atomic E-state index is 0.189. The molecule has 0 aromatic rings. The maximum atomic E-state index is 11.8. The number of allylic oxidation sites excluding steroid dienone is 1. The minimum Gasteiger partial charge on any atom is -0.471 e. The van der Waals surface area contributed by atoms with Crippen molar-refractivity contribution in [3.05, 3.63) is 11.3 Å². The number of carbonyl (C=O) groups excluding carboxylic acids is 2. The van der Waals surface area contributed by atoms with Crippen LogP contribution >= 0.6 is 0 Å². The second kappa shape index (κ2) is 4.02. The molecule has 1 aliphatic heterocycles. The van der Waals surface area contributed by atoms with Crippen LogP contribution in [0.15, 0.2) is 11.3 Å². The first kappa shape index (κ1) is 10.2. The van der Waals surface area contributed by atoms with Crippen molar-refractivity contribution in [2.45, 2.75) is 25.9 Å². The third-order valence-corrected chi connectivity index (χ3v) is 2.43. The molecule has 0 aromatic carbocycles. The van der Waals surface area contributed by atoms with Crippen LogP contribution in [0.1, 0.15) is 19.8 Å². The zero-order valence-corrected chi connectivity index (χ0v) is 8.45.